The zero-order valence-electron chi connectivity index (χ0n) is 18.9. The van der Waals surface area contributed by atoms with E-state index in [2.05, 4.69) is 29.5 Å². The summed E-state index contributed by atoms with van der Waals surface area (Å²) in [4.78, 5) is 29.6. The number of nitrogens with zero attached hydrogens (tertiary/aromatic N) is 1. The van der Waals surface area contributed by atoms with Crippen LogP contribution in [0.3, 0.4) is 0 Å². The SMILES string of the molecule is Cc1ccc(C(C)C)c(O[C@H](C)C(=O)Nc2ccccc2C(=O)NCc2cccnc2)c1. The van der Waals surface area contributed by atoms with Gasteiger partial charge in [0.15, 0.2) is 6.10 Å². The largest absolute Gasteiger partial charge is 0.481 e. The van der Waals surface area contributed by atoms with Crippen LogP contribution in [-0.4, -0.2) is 22.9 Å². The van der Waals surface area contributed by atoms with Crippen molar-refractivity contribution in [3.05, 3.63) is 89.2 Å². The van der Waals surface area contributed by atoms with E-state index in [0.29, 0.717) is 23.5 Å². The molecule has 166 valence electrons. The summed E-state index contributed by atoms with van der Waals surface area (Å²) in [6.45, 7) is 8.21. The van der Waals surface area contributed by atoms with Crippen molar-refractivity contribution in [2.24, 2.45) is 0 Å². The third-order valence-electron chi connectivity index (χ3n) is 5.07. The van der Waals surface area contributed by atoms with Gasteiger partial charge in [0.1, 0.15) is 5.75 Å². The van der Waals surface area contributed by atoms with E-state index in [1.54, 1.807) is 43.6 Å². The smallest absolute Gasteiger partial charge is 0.265 e. The van der Waals surface area contributed by atoms with Crippen LogP contribution >= 0.6 is 0 Å². The number of rotatable bonds is 8. The highest BCUT2D eigenvalue weighted by Gasteiger charge is 2.20. The first-order valence-corrected chi connectivity index (χ1v) is 10.7. The van der Waals surface area contributed by atoms with E-state index in [4.69, 9.17) is 4.74 Å². The number of ether oxygens (including phenoxy) is 1. The Bertz CT molecular complexity index is 1080. The van der Waals surface area contributed by atoms with Crippen molar-refractivity contribution >= 4 is 17.5 Å². The van der Waals surface area contributed by atoms with E-state index in [1.165, 1.54) is 0 Å². The normalized spacial score (nSPS) is 11.7. The van der Waals surface area contributed by atoms with Gasteiger partial charge >= 0.3 is 0 Å². The lowest BCUT2D eigenvalue weighted by Crippen LogP contribution is -2.32. The second-order valence-electron chi connectivity index (χ2n) is 8.03. The van der Waals surface area contributed by atoms with E-state index in [9.17, 15) is 9.59 Å². The van der Waals surface area contributed by atoms with Crippen molar-refractivity contribution in [3.63, 3.8) is 0 Å². The van der Waals surface area contributed by atoms with Crippen LogP contribution in [0.2, 0.25) is 0 Å². The Morgan fingerprint density at radius 2 is 1.81 bits per heavy atom. The molecule has 6 heteroatoms. The highest BCUT2D eigenvalue weighted by molar-refractivity contribution is 6.04. The molecule has 0 bridgehead atoms. The van der Waals surface area contributed by atoms with Gasteiger partial charge in [0.05, 0.1) is 11.3 Å². The lowest BCUT2D eigenvalue weighted by Gasteiger charge is -2.20. The van der Waals surface area contributed by atoms with Crippen LogP contribution in [0.15, 0.2) is 67.0 Å². The summed E-state index contributed by atoms with van der Waals surface area (Å²) in [5.41, 5.74) is 3.82. The molecule has 0 aliphatic rings. The van der Waals surface area contributed by atoms with Crippen molar-refractivity contribution in [1.82, 2.24) is 10.3 Å². The van der Waals surface area contributed by atoms with Crippen LogP contribution in [0.25, 0.3) is 0 Å². The molecule has 32 heavy (non-hydrogen) atoms. The van der Waals surface area contributed by atoms with Crippen LogP contribution in [0.4, 0.5) is 5.69 Å². The third kappa shape index (κ3) is 5.94. The summed E-state index contributed by atoms with van der Waals surface area (Å²) >= 11 is 0. The Morgan fingerprint density at radius 3 is 2.53 bits per heavy atom. The van der Waals surface area contributed by atoms with Crippen LogP contribution in [-0.2, 0) is 11.3 Å². The fourth-order valence-electron chi connectivity index (χ4n) is 3.27. The van der Waals surface area contributed by atoms with E-state index in [-0.39, 0.29) is 17.7 Å². The standard InChI is InChI=1S/C26H29N3O3/c1-17(2)21-12-11-18(3)14-24(21)32-19(4)25(30)29-23-10-6-5-9-22(23)26(31)28-16-20-8-7-13-27-15-20/h5-15,17,19H,16H2,1-4H3,(H,28,31)(H,29,30)/t19-/m1/s1. The molecule has 1 heterocycles. The van der Waals surface area contributed by atoms with Gasteiger partial charge in [-0.2, -0.15) is 0 Å². The summed E-state index contributed by atoms with van der Waals surface area (Å²) in [7, 11) is 0. The van der Waals surface area contributed by atoms with Crippen molar-refractivity contribution in [2.75, 3.05) is 5.32 Å². The molecule has 0 saturated carbocycles. The minimum atomic E-state index is -0.735. The van der Waals surface area contributed by atoms with Gasteiger partial charge in [-0.25, -0.2) is 0 Å². The molecule has 2 amide bonds. The summed E-state index contributed by atoms with van der Waals surface area (Å²) in [6, 6.07) is 16.6. The van der Waals surface area contributed by atoms with Crippen LogP contribution in [0.5, 0.6) is 5.75 Å². The summed E-state index contributed by atoms with van der Waals surface area (Å²) in [6.07, 6.45) is 2.64. The number of benzene rings is 2. The van der Waals surface area contributed by atoms with Gasteiger partial charge in [-0.05, 0) is 60.7 Å². The molecular weight excluding hydrogens is 402 g/mol. The monoisotopic (exact) mass is 431 g/mol. The number of aromatic nitrogens is 1. The van der Waals surface area contributed by atoms with Crippen LogP contribution in [0, 0.1) is 6.92 Å². The molecule has 0 fully saturated rings. The zero-order valence-corrected chi connectivity index (χ0v) is 18.9. The van der Waals surface area contributed by atoms with Gasteiger partial charge in [-0.15, -0.1) is 0 Å². The highest BCUT2D eigenvalue weighted by Crippen LogP contribution is 2.28. The number of hydrogen-bond acceptors (Lipinski definition) is 4. The zero-order chi connectivity index (χ0) is 23.1. The second kappa shape index (κ2) is 10.6. The van der Waals surface area contributed by atoms with Gasteiger partial charge in [-0.3, -0.25) is 14.6 Å². The number of anilines is 1. The van der Waals surface area contributed by atoms with E-state index in [1.807, 2.05) is 37.3 Å². The first-order valence-electron chi connectivity index (χ1n) is 10.7. The first-order chi connectivity index (χ1) is 15.3. The minimum Gasteiger partial charge on any atom is -0.481 e. The number of hydrogen-bond donors (Lipinski definition) is 2. The second-order valence-corrected chi connectivity index (χ2v) is 8.03. The molecule has 2 N–H and O–H groups in total. The van der Waals surface area contributed by atoms with Gasteiger partial charge in [-0.1, -0.05) is 44.2 Å². The number of pyridine rings is 1. The van der Waals surface area contributed by atoms with Crippen molar-refractivity contribution in [3.8, 4) is 5.75 Å². The van der Waals surface area contributed by atoms with E-state index >= 15 is 0 Å². The fraction of sp³-hybridized carbons (Fsp3) is 0.269. The highest BCUT2D eigenvalue weighted by atomic mass is 16.5. The van der Waals surface area contributed by atoms with E-state index < -0.39 is 6.10 Å². The lowest BCUT2D eigenvalue weighted by molar-refractivity contribution is -0.122. The Morgan fingerprint density at radius 1 is 1.03 bits per heavy atom. The molecule has 3 rings (SSSR count). The predicted octanol–water partition coefficient (Wildman–Crippen LogP) is 4.85. The Balaban J connectivity index is 1.69. The fourth-order valence-corrected chi connectivity index (χ4v) is 3.27. The molecule has 6 nitrogen and oxygen atoms in total. The summed E-state index contributed by atoms with van der Waals surface area (Å²) in [5.74, 6) is 0.364. The maximum Gasteiger partial charge on any atom is 0.265 e. The van der Waals surface area contributed by atoms with Crippen molar-refractivity contribution in [2.45, 2.75) is 46.3 Å². The Labute approximate surface area is 189 Å². The number of amides is 2. The Kier molecular flexibility index (Phi) is 7.60. The predicted molar refractivity (Wildman–Crippen MR) is 126 cm³/mol. The third-order valence-corrected chi connectivity index (χ3v) is 5.07. The molecule has 0 aliphatic carbocycles. The summed E-state index contributed by atoms with van der Waals surface area (Å²) < 4.78 is 6.01. The number of carbonyl (C=O) groups excluding carboxylic acids is 2. The average molecular weight is 432 g/mol. The lowest BCUT2D eigenvalue weighted by atomic mass is 10.0. The number of carbonyl (C=O) groups is 2. The van der Waals surface area contributed by atoms with Crippen molar-refractivity contribution in [1.29, 1.82) is 0 Å². The van der Waals surface area contributed by atoms with Crippen LogP contribution < -0.4 is 15.4 Å². The van der Waals surface area contributed by atoms with Crippen LogP contribution in [0.1, 0.15) is 53.7 Å². The molecule has 3 aromatic rings. The molecule has 0 radical (unpaired) electrons. The maximum absolute atomic E-state index is 12.9. The molecular formula is C26H29N3O3. The van der Waals surface area contributed by atoms with Gasteiger partial charge in [0.25, 0.3) is 11.8 Å². The average Bonchev–Trinajstić information content (AvgIpc) is 2.78. The topological polar surface area (TPSA) is 80.3 Å². The quantitative estimate of drug-likeness (QED) is 0.534. The molecule has 1 aromatic heterocycles. The molecule has 1 atom stereocenters. The maximum atomic E-state index is 12.9. The van der Waals surface area contributed by atoms with Gasteiger partial charge < -0.3 is 15.4 Å². The number of nitrogens with one attached hydrogen (secondary N) is 2. The molecule has 0 saturated heterocycles. The Hall–Kier alpha value is -3.67. The van der Waals surface area contributed by atoms with Crippen molar-refractivity contribution < 1.29 is 14.3 Å². The molecule has 2 aromatic carbocycles. The summed E-state index contributed by atoms with van der Waals surface area (Å²) in [5, 5.41) is 5.70. The minimum absolute atomic E-state index is 0.269. The molecule has 0 unspecified atom stereocenters. The number of para-hydroxylation sites is 1. The molecule has 0 spiro atoms. The van der Waals surface area contributed by atoms with Gasteiger partial charge in [0, 0.05) is 18.9 Å². The molecule has 0 aliphatic heterocycles. The number of aryl methyl sites for hydroxylation is 1. The van der Waals surface area contributed by atoms with E-state index in [0.717, 1.165) is 16.7 Å². The first kappa shape index (κ1) is 23.0. The van der Waals surface area contributed by atoms with Gasteiger partial charge in [0.2, 0.25) is 0 Å².